The number of aromatic nitrogens is 3. The molecule has 2 aromatic heterocycles. The van der Waals surface area contributed by atoms with Crippen molar-refractivity contribution in [2.24, 2.45) is 11.7 Å². The highest BCUT2D eigenvalue weighted by Gasteiger charge is 2.50. The minimum atomic E-state index is -1.91. The molecule has 1 aliphatic rings. The third kappa shape index (κ3) is 5.29. The molecule has 0 radical (unpaired) electrons. The van der Waals surface area contributed by atoms with Gasteiger partial charge < -0.3 is 41.3 Å². The first-order valence-electron chi connectivity index (χ1n) is 10.8. The second-order valence-corrected chi connectivity index (χ2v) is 8.55. The number of aromatic amines is 1. The highest BCUT2D eigenvalue weighted by molar-refractivity contribution is 5.87. The largest absolute Gasteiger partial charge is 0.506 e. The number of nitrogens with two attached hydrogens (primary N) is 1. The maximum Gasteiger partial charge on any atom is 0.330 e. The Balaban J connectivity index is 1.78. The van der Waals surface area contributed by atoms with Gasteiger partial charge in [-0.25, -0.2) is 9.59 Å². The molecule has 15 heteroatoms. The number of H-pyrrole nitrogens is 1. The molecule has 15 nitrogen and oxygen atoms in total. The number of carboxylic acids is 1. The summed E-state index contributed by atoms with van der Waals surface area (Å²) < 4.78 is 6.25. The molecule has 8 atom stereocenters. The molecule has 2 aromatic rings. The number of aryl methyl sites for hydroxylation is 1. The van der Waals surface area contributed by atoms with Crippen molar-refractivity contribution in [3.8, 4) is 5.75 Å². The summed E-state index contributed by atoms with van der Waals surface area (Å²) in [7, 11) is 0. The van der Waals surface area contributed by atoms with Crippen LogP contribution in [0.4, 0.5) is 0 Å². The Morgan fingerprint density at radius 3 is 2.50 bits per heavy atom. The van der Waals surface area contributed by atoms with Gasteiger partial charge in [-0.2, -0.15) is 0 Å². The molecule has 0 aliphatic carbocycles. The summed E-state index contributed by atoms with van der Waals surface area (Å²) in [4.78, 5) is 54.3. The first-order valence-corrected chi connectivity index (χ1v) is 10.8. The van der Waals surface area contributed by atoms with Crippen molar-refractivity contribution >= 4 is 11.9 Å². The van der Waals surface area contributed by atoms with E-state index in [1.54, 1.807) is 0 Å². The lowest BCUT2D eigenvalue weighted by Gasteiger charge is -2.28. The summed E-state index contributed by atoms with van der Waals surface area (Å²) in [6, 6.07) is -0.749. The van der Waals surface area contributed by atoms with Crippen LogP contribution in [0.15, 0.2) is 34.1 Å². The molecule has 1 saturated heterocycles. The molecule has 36 heavy (non-hydrogen) atoms. The van der Waals surface area contributed by atoms with Gasteiger partial charge in [0.1, 0.15) is 30.2 Å². The molecule has 1 aliphatic heterocycles. The van der Waals surface area contributed by atoms with Crippen LogP contribution in [0.25, 0.3) is 0 Å². The summed E-state index contributed by atoms with van der Waals surface area (Å²) in [6.07, 6.45) is -6.09. The summed E-state index contributed by atoms with van der Waals surface area (Å²) >= 11 is 0. The second kappa shape index (κ2) is 10.5. The van der Waals surface area contributed by atoms with E-state index >= 15 is 0 Å². The van der Waals surface area contributed by atoms with Gasteiger partial charge in [0.2, 0.25) is 5.91 Å². The van der Waals surface area contributed by atoms with Crippen LogP contribution in [0, 0.1) is 12.8 Å². The first-order chi connectivity index (χ1) is 16.8. The summed E-state index contributed by atoms with van der Waals surface area (Å²) in [5, 5.41) is 52.5. The van der Waals surface area contributed by atoms with Crippen LogP contribution < -0.4 is 22.3 Å². The third-order valence-corrected chi connectivity index (χ3v) is 6.03. The topological polar surface area (TPSA) is 250 Å². The summed E-state index contributed by atoms with van der Waals surface area (Å²) in [5.74, 6) is -3.75. The Labute approximate surface area is 202 Å². The van der Waals surface area contributed by atoms with Crippen LogP contribution >= 0.6 is 0 Å². The number of ether oxygens (including phenoxy) is 1. The molecule has 9 N–H and O–H groups in total. The monoisotopic (exact) mass is 509 g/mol. The Bertz CT molecular complexity index is 1230. The lowest BCUT2D eigenvalue weighted by Crippen LogP contribution is -2.57. The van der Waals surface area contributed by atoms with Crippen LogP contribution in [0.5, 0.6) is 5.75 Å². The molecule has 1 amide bonds. The highest BCUT2D eigenvalue weighted by atomic mass is 16.6. The maximum absolute atomic E-state index is 12.8. The number of rotatable bonds is 8. The van der Waals surface area contributed by atoms with E-state index in [-0.39, 0.29) is 17.0 Å². The lowest BCUT2D eigenvalue weighted by atomic mass is 9.92. The molecule has 0 saturated carbocycles. The van der Waals surface area contributed by atoms with E-state index in [9.17, 15) is 44.7 Å². The van der Waals surface area contributed by atoms with Crippen LogP contribution in [-0.2, 0) is 14.3 Å². The number of hydrogen-bond acceptors (Lipinski definition) is 11. The zero-order valence-electron chi connectivity index (χ0n) is 19.2. The van der Waals surface area contributed by atoms with Crippen molar-refractivity contribution < 1.29 is 39.9 Å². The number of pyridine rings is 1. The minimum Gasteiger partial charge on any atom is -0.506 e. The van der Waals surface area contributed by atoms with Gasteiger partial charge in [-0.05, 0) is 19.1 Å². The van der Waals surface area contributed by atoms with Gasteiger partial charge in [0, 0.05) is 17.7 Å². The van der Waals surface area contributed by atoms with E-state index < -0.39 is 71.8 Å². The van der Waals surface area contributed by atoms with Crippen LogP contribution in [0.1, 0.15) is 30.5 Å². The van der Waals surface area contributed by atoms with Gasteiger partial charge in [-0.3, -0.25) is 24.1 Å². The Hall–Kier alpha value is -3.63. The molecule has 3 heterocycles. The molecule has 0 unspecified atom stereocenters. The highest BCUT2D eigenvalue weighted by Crippen LogP contribution is 2.31. The van der Waals surface area contributed by atoms with Crippen molar-refractivity contribution in [1.82, 2.24) is 19.9 Å². The zero-order valence-corrected chi connectivity index (χ0v) is 19.2. The van der Waals surface area contributed by atoms with Gasteiger partial charge in [0.05, 0.1) is 17.9 Å². The number of carboxylic acid groups (broad SMARTS) is 1. The van der Waals surface area contributed by atoms with Gasteiger partial charge in [-0.15, -0.1) is 0 Å². The van der Waals surface area contributed by atoms with Crippen LogP contribution in [-0.4, -0.2) is 82.3 Å². The van der Waals surface area contributed by atoms with Gasteiger partial charge in [-0.1, -0.05) is 6.92 Å². The zero-order chi connectivity index (χ0) is 26.9. The van der Waals surface area contributed by atoms with Crippen molar-refractivity contribution in [3.05, 3.63) is 56.6 Å². The van der Waals surface area contributed by atoms with Gasteiger partial charge in [0.15, 0.2) is 12.3 Å². The van der Waals surface area contributed by atoms with E-state index in [4.69, 9.17) is 10.5 Å². The van der Waals surface area contributed by atoms with E-state index in [0.29, 0.717) is 0 Å². The predicted octanol–water partition coefficient (Wildman–Crippen LogP) is -3.17. The fraction of sp³-hybridized carbons (Fsp3) is 0.476. The molecule has 0 bridgehead atoms. The maximum atomic E-state index is 12.8. The Morgan fingerprint density at radius 1 is 1.25 bits per heavy atom. The van der Waals surface area contributed by atoms with E-state index in [0.717, 1.165) is 17.0 Å². The second-order valence-electron chi connectivity index (χ2n) is 8.55. The van der Waals surface area contributed by atoms with Crippen molar-refractivity contribution in [1.29, 1.82) is 0 Å². The summed E-state index contributed by atoms with van der Waals surface area (Å²) in [6.45, 7) is 2.81. The van der Waals surface area contributed by atoms with Crippen molar-refractivity contribution in [2.45, 2.75) is 56.6 Å². The number of carbonyl (C=O) groups is 2. The number of carbonyl (C=O) groups excluding carboxylic acids is 1. The average Bonchev–Trinajstić information content (AvgIpc) is 3.12. The lowest BCUT2D eigenvalue weighted by molar-refractivity contribution is -0.149. The van der Waals surface area contributed by atoms with Crippen LogP contribution in [0.3, 0.4) is 0 Å². The Kier molecular flexibility index (Phi) is 7.90. The molecule has 1 fully saturated rings. The van der Waals surface area contributed by atoms with Gasteiger partial charge >= 0.3 is 11.7 Å². The summed E-state index contributed by atoms with van der Waals surface area (Å²) in [5.41, 5.74) is 4.49. The van der Waals surface area contributed by atoms with E-state index in [1.165, 1.54) is 26.0 Å². The quantitative estimate of drug-likeness (QED) is 0.175. The third-order valence-electron chi connectivity index (χ3n) is 6.03. The molecular formula is C21H27N5O10. The number of nitrogens with zero attached hydrogens (tertiary/aromatic N) is 2. The molecule has 0 spiro atoms. The fourth-order valence-electron chi connectivity index (χ4n) is 3.78. The van der Waals surface area contributed by atoms with Crippen molar-refractivity contribution in [3.63, 3.8) is 0 Å². The predicted molar refractivity (Wildman–Crippen MR) is 120 cm³/mol. The number of aliphatic carboxylic acids is 1. The van der Waals surface area contributed by atoms with E-state index in [2.05, 4.69) is 10.3 Å². The molecule has 0 aromatic carbocycles. The number of aliphatic hydroxyl groups is 3. The number of nitrogens with one attached hydrogen (secondary N) is 2. The minimum absolute atomic E-state index is 0.0908. The fourth-order valence-corrected chi connectivity index (χ4v) is 3.78. The SMILES string of the molecule is Cc1cn([C@@H]2O[C@H]([C@H](NC(=O)[C@@H](N)[C@H](C)[C@@H](O)c3ccc(O)cn3)C(=O)O)[C@@H](O)[C@H]2O)c(=O)[nH]c1=O. The Morgan fingerprint density at radius 2 is 1.92 bits per heavy atom. The van der Waals surface area contributed by atoms with Crippen molar-refractivity contribution in [2.75, 3.05) is 0 Å². The standard InChI is InChI=1S/C21H27N5O10/c1-7-6-26(21(35)25-17(7)31)19-15(30)14(29)16(36-19)12(20(33)34)24-18(32)11(22)8(2)13(28)10-4-3-9(27)5-23-10/h3-6,8,11-16,19,27-30H,22H2,1-2H3,(H,24,32)(H,33,34)(H,25,31,35)/t8-,11-,12-,13+,14-,15+,16+,19+/m0/s1. The number of amides is 1. The average molecular weight is 509 g/mol. The number of hydrogen-bond donors (Lipinski definition) is 8. The molecular weight excluding hydrogens is 482 g/mol. The smallest absolute Gasteiger partial charge is 0.330 e. The van der Waals surface area contributed by atoms with E-state index in [1.807, 2.05) is 4.98 Å². The van der Waals surface area contributed by atoms with Crippen LogP contribution in [0.2, 0.25) is 0 Å². The molecule has 196 valence electrons. The number of aromatic hydroxyl groups is 1. The van der Waals surface area contributed by atoms with Gasteiger partial charge in [0.25, 0.3) is 5.56 Å². The normalized spacial score (nSPS) is 25.1. The molecule has 3 rings (SSSR count). The first kappa shape index (κ1) is 27.0. The number of aliphatic hydroxyl groups excluding tert-OH is 3.